The monoisotopic (exact) mass is 475 g/mol. The van der Waals surface area contributed by atoms with Crippen molar-refractivity contribution < 1.29 is 19.1 Å². The molecular weight excluding hydrogens is 438 g/mol. The summed E-state index contributed by atoms with van der Waals surface area (Å²) < 4.78 is 6.03. The zero-order valence-corrected chi connectivity index (χ0v) is 21.6. The number of ketones is 2. The highest BCUT2D eigenvalue weighted by Crippen LogP contribution is 2.72. The van der Waals surface area contributed by atoms with Gasteiger partial charge in [0.25, 0.3) is 0 Å². The Hall–Kier alpha value is -2.69. The fourth-order valence-corrected chi connectivity index (χ4v) is 8.45. The van der Waals surface area contributed by atoms with Gasteiger partial charge in [-0.2, -0.15) is 0 Å². The van der Waals surface area contributed by atoms with Crippen LogP contribution in [0.15, 0.2) is 47.1 Å². The van der Waals surface area contributed by atoms with Crippen LogP contribution in [0.25, 0.3) is 0 Å². The number of fused-ring (bicyclic) bond motifs is 4. The van der Waals surface area contributed by atoms with Crippen molar-refractivity contribution >= 4 is 23.2 Å². The molecule has 0 radical (unpaired) electrons. The van der Waals surface area contributed by atoms with E-state index in [1.54, 1.807) is 6.92 Å². The molecule has 5 heteroatoms. The standard InChI is InChI=1S/C30H37NO4/c1-18(32)30(35-19(2)33)15-13-26-28(3)14-12-21-16-23(34)10-11-24(21)27(28)25(17-29(26,30)4)20-6-8-22(31-5)9-7-20/h6-9,16,25-26,31H,10-15,17H2,1-5H3/t25-,26+,28+,29+,30+/m1/s1. The molecule has 4 aliphatic rings. The molecule has 1 aromatic carbocycles. The minimum atomic E-state index is -1.09. The number of benzene rings is 1. The second-order valence-electron chi connectivity index (χ2n) is 11.6. The number of rotatable bonds is 4. The van der Waals surface area contributed by atoms with Gasteiger partial charge in [0, 0.05) is 37.4 Å². The predicted octanol–water partition coefficient (Wildman–Crippen LogP) is 5.91. The van der Waals surface area contributed by atoms with Crippen molar-refractivity contribution in [1.29, 1.82) is 0 Å². The Morgan fingerprint density at radius 3 is 2.37 bits per heavy atom. The molecule has 186 valence electrons. The van der Waals surface area contributed by atoms with Gasteiger partial charge >= 0.3 is 5.97 Å². The lowest BCUT2D eigenvalue weighted by Gasteiger charge is -2.59. The molecular formula is C30H37NO4. The molecule has 5 nitrogen and oxygen atoms in total. The average molecular weight is 476 g/mol. The van der Waals surface area contributed by atoms with E-state index >= 15 is 0 Å². The minimum Gasteiger partial charge on any atom is -0.451 e. The molecule has 2 saturated carbocycles. The molecule has 0 saturated heterocycles. The van der Waals surface area contributed by atoms with Crippen LogP contribution in [0.3, 0.4) is 0 Å². The Bertz CT molecular complexity index is 1160. The third-order valence-corrected chi connectivity index (χ3v) is 9.91. The number of carbonyl (C=O) groups is 3. The first-order chi connectivity index (χ1) is 16.6. The first-order valence-electron chi connectivity index (χ1n) is 13.0. The molecule has 2 fully saturated rings. The van der Waals surface area contributed by atoms with E-state index in [0.29, 0.717) is 12.8 Å². The van der Waals surface area contributed by atoms with Gasteiger partial charge in [0.1, 0.15) is 0 Å². The molecule has 0 bridgehead atoms. The maximum atomic E-state index is 13.3. The number of allylic oxidation sites excluding steroid dienone is 4. The lowest BCUT2D eigenvalue weighted by Crippen LogP contribution is -2.59. The maximum Gasteiger partial charge on any atom is 0.303 e. The van der Waals surface area contributed by atoms with Gasteiger partial charge in [-0.05, 0) is 91.7 Å². The normalized spacial score (nSPS) is 36.0. The summed E-state index contributed by atoms with van der Waals surface area (Å²) in [5, 5.41) is 3.20. The van der Waals surface area contributed by atoms with Crippen LogP contribution >= 0.6 is 0 Å². The van der Waals surface area contributed by atoms with E-state index in [1.807, 2.05) is 13.1 Å². The van der Waals surface area contributed by atoms with E-state index in [-0.39, 0.29) is 34.8 Å². The molecule has 4 aliphatic carbocycles. The fourth-order valence-electron chi connectivity index (χ4n) is 8.45. The number of hydrogen-bond donors (Lipinski definition) is 1. The molecule has 0 unspecified atom stereocenters. The van der Waals surface area contributed by atoms with Crippen molar-refractivity contribution in [2.45, 2.75) is 84.2 Å². The van der Waals surface area contributed by atoms with Gasteiger partial charge in [-0.3, -0.25) is 14.4 Å². The van der Waals surface area contributed by atoms with E-state index < -0.39 is 11.0 Å². The Kier molecular flexibility index (Phi) is 5.61. The SMILES string of the molecule is CNc1ccc([C@H]2C[C@@]3(C)[C@@H](CC[C@]3(OC(C)=O)C(C)=O)[C@]3(C)CCC4=CC(=O)CCC4=C23)cc1. The van der Waals surface area contributed by atoms with Gasteiger partial charge in [-0.25, -0.2) is 0 Å². The van der Waals surface area contributed by atoms with Crippen molar-refractivity contribution in [3.8, 4) is 0 Å². The smallest absolute Gasteiger partial charge is 0.303 e. The number of carbonyl (C=O) groups excluding carboxylic acids is 3. The van der Waals surface area contributed by atoms with Gasteiger partial charge in [-0.1, -0.05) is 31.6 Å². The molecule has 0 spiro atoms. The van der Waals surface area contributed by atoms with E-state index in [1.165, 1.54) is 29.2 Å². The summed E-state index contributed by atoms with van der Waals surface area (Å²) in [4.78, 5) is 37.9. The summed E-state index contributed by atoms with van der Waals surface area (Å²) in [6, 6.07) is 8.59. The molecule has 1 aromatic rings. The van der Waals surface area contributed by atoms with Crippen LogP contribution < -0.4 is 5.32 Å². The summed E-state index contributed by atoms with van der Waals surface area (Å²) in [5.74, 6) is 0.140. The van der Waals surface area contributed by atoms with Crippen LogP contribution in [-0.4, -0.2) is 30.2 Å². The lowest BCUT2D eigenvalue weighted by molar-refractivity contribution is -0.184. The van der Waals surface area contributed by atoms with Crippen LogP contribution in [0.1, 0.15) is 84.1 Å². The second-order valence-corrected chi connectivity index (χ2v) is 11.6. The van der Waals surface area contributed by atoms with Crippen molar-refractivity contribution in [3.05, 3.63) is 52.6 Å². The summed E-state index contributed by atoms with van der Waals surface area (Å²) in [5.41, 5.74) is 4.64. The highest BCUT2D eigenvalue weighted by Gasteiger charge is 2.70. The third-order valence-electron chi connectivity index (χ3n) is 9.91. The Balaban J connectivity index is 1.74. The molecule has 0 amide bonds. The molecule has 0 aromatic heterocycles. The quantitative estimate of drug-likeness (QED) is 0.548. The van der Waals surface area contributed by atoms with Gasteiger partial charge < -0.3 is 10.1 Å². The summed E-state index contributed by atoms with van der Waals surface area (Å²) in [6.45, 7) is 7.60. The predicted molar refractivity (Wildman–Crippen MR) is 136 cm³/mol. The van der Waals surface area contributed by atoms with E-state index in [0.717, 1.165) is 37.8 Å². The van der Waals surface area contributed by atoms with E-state index in [2.05, 4.69) is 43.4 Å². The molecule has 5 atom stereocenters. The van der Waals surface area contributed by atoms with Crippen LogP contribution in [0.5, 0.6) is 0 Å². The second kappa shape index (κ2) is 8.18. The molecule has 0 heterocycles. The van der Waals surface area contributed by atoms with Crippen molar-refractivity contribution in [1.82, 2.24) is 0 Å². The molecule has 0 aliphatic heterocycles. The first kappa shape index (κ1) is 24.0. The summed E-state index contributed by atoms with van der Waals surface area (Å²) >= 11 is 0. The first-order valence-corrected chi connectivity index (χ1v) is 13.0. The number of ether oxygens (including phenoxy) is 1. The van der Waals surface area contributed by atoms with Crippen molar-refractivity contribution in [3.63, 3.8) is 0 Å². The number of esters is 1. The lowest BCUT2D eigenvalue weighted by atomic mass is 9.45. The third kappa shape index (κ3) is 3.37. The summed E-state index contributed by atoms with van der Waals surface area (Å²) in [6.07, 6.45) is 7.27. The van der Waals surface area contributed by atoms with Gasteiger partial charge in [0.15, 0.2) is 17.2 Å². The number of hydrogen-bond acceptors (Lipinski definition) is 5. The highest BCUT2D eigenvalue weighted by atomic mass is 16.6. The Morgan fingerprint density at radius 1 is 1.03 bits per heavy atom. The highest BCUT2D eigenvalue weighted by molar-refractivity contribution is 5.93. The summed E-state index contributed by atoms with van der Waals surface area (Å²) in [7, 11) is 1.92. The van der Waals surface area contributed by atoms with Crippen LogP contribution in [0.4, 0.5) is 5.69 Å². The fraction of sp³-hybridized carbons (Fsp3) is 0.567. The number of Topliss-reactive ketones (excluding diaryl/α,β-unsaturated/α-hetero) is 1. The molecule has 5 rings (SSSR count). The Morgan fingerprint density at radius 2 is 1.74 bits per heavy atom. The molecule has 35 heavy (non-hydrogen) atoms. The number of nitrogens with one attached hydrogen (secondary N) is 1. The van der Waals surface area contributed by atoms with Crippen molar-refractivity contribution in [2.24, 2.45) is 16.7 Å². The van der Waals surface area contributed by atoms with Crippen LogP contribution in [0, 0.1) is 16.7 Å². The number of anilines is 1. The largest absolute Gasteiger partial charge is 0.451 e. The van der Waals surface area contributed by atoms with Crippen molar-refractivity contribution in [2.75, 3.05) is 12.4 Å². The maximum absolute atomic E-state index is 13.3. The zero-order valence-electron chi connectivity index (χ0n) is 21.6. The molecule has 1 N–H and O–H groups in total. The van der Waals surface area contributed by atoms with Gasteiger partial charge in [-0.15, -0.1) is 0 Å². The minimum absolute atomic E-state index is 0.0404. The van der Waals surface area contributed by atoms with Gasteiger partial charge in [0.2, 0.25) is 0 Å². The van der Waals surface area contributed by atoms with E-state index in [4.69, 9.17) is 4.74 Å². The zero-order chi connectivity index (χ0) is 25.2. The average Bonchev–Trinajstić information content (AvgIpc) is 3.11. The Labute approximate surface area is 208 Å². The van der Waals surface area contributed by atoms with E-state index in [9.17, 15) is 14.4 Å². The van der Waals surface area contributed by atoms with Gasteiger partial charge in [0.05, 0.1) is 0 Å². The van der Waals surface area contributed by atoms with Crippen LogP contribution in [-0.2, 0) is 19.1 Å². The topological polar surface area (TPSA) is 72.5 Å². The van der Waals surface area contributed by atoms with Crippen LogP contribution in [0.2, 0.25) is 0 Å².